The maximum Gasteiger partial charge on any atom is 0.153 e. The van der Waals surface area contributed by atoms with E-state index in [1.165, 1.54) is 0 Å². The van der Waals surface area contributed by atoms with Gasteiger partial charge in [0.2, 0.25) is 0 Å². The Balaban J connectivity index is 2.70. The average molecular weight is 365 g/mol. The van der Waals surface area contributed by atoms with Crippen LogP contribution in [0.1, 0.15) is 25.8 Å². The average Bonchev–Trinajstić information content (AvgIpc) is 2.45. The molecule has 0 atom stereocenters. The predicted octanol–water partition coefficient (Wildman–Crippen LogP) is 3.18. The molecule has 6 heteroatoms. The molecule has 0 N–H and O–H groups in total. The van der Waals surface area contributed by atoms with Gasteiger partial charge in [-0.1, -0.05) is 35.8 Å². The normalized spacial score (nSPS) is 11.3. The first-order valence-electron chi connectivity index (χ1n) is 6.67. The molecule has 0 aliphatic heterocycles. The first-order valence-corrected chi connectivity index (χ1v) is 9.61. The van der Waals surface area contributed by atoms with E-state index in [-0.39, 0.29) is 18.1 Å². The summed E-state index contributed by atoms with van der Waals surface area (Å²) in [5.74, 6) is 1.58. The molecule has 0 radical (unpaired) electrons. The molecule has 0 aromatic heterocycles. The summed E-state index contributed by atoms with van der Waals surface area (Å²) in [6.45, 7) is 4.49. The van der Waals surface area contributed by atoms with E-state index >= 15 is 0 Å². The van der Waals surface area contributed by atoms with E-state index in [1.54, 1.807) is 6.92 Å². The third-order valence-corrected chi connectivity index (χ3v) is 5.02. The van der Waals surface area contributed by atoms with E-state index in [1.807, 2.05) is 25.1 Å². The summed E-state index contributed by atoms with van der Waals surface area (Å²) in [5.41, 5.74) is 0.975. The van der Waals surface area contributed by atoms with Gasteiger partial charge in [-0.2, -0.15) is 0 Å². The van der Waals surface area contributed by atoms with Crippen LogP contribution >= 0.6 is 15.9 Å². The fraction of sp³-hybridized carbons (Fsp3) is 0.571. The molecule has 0 aliphatic rings. The van der Waals surface area contributed by atoms with Crippen molar-refractivity contribution in [3.8, 4) is 11.5 Å². The molecule has 4 nitrogen and oxygen atoms in total. The number of ether oxygens (including phenoxy) is 2. The monoisotopic (exact) mass is 364 g/mol. The van der Waals surface area contributed by atoms with E-state index in [0.29, 0.717) is 17.7 Å². The van der Waals surface area contributed by atoms with E-state index in [2.05, 4.69) is 15.9 Å². The molecule has 0 aliphatic carbocycles. The van der Waals surface area contributed by atoms with E-state index in [0.717, 1.165) is 17.7 Å². The molecule has 20 heavy (non-hydrogen) atoms. The van der Waals surface area contributed by atoms with Crippen LogP contribution in [0.5, 0.6) is 11.5 Å². The van der Waals surface area contributed by atoms with Gasteiger partial charge in [0, 0.05) is 22.7 Å². The summed E-state index contributed by atoms with van der Waals surface area (Å²) in [4.78, 5) is 0. The molecule has 0 fully saturated rings. The van der Waals surface area contributed by atoms with Crippen molar-refractivity contribution < 1.29 is 17.9 Å². The fourth-order valence-electron chi connectivity index (χ4n) is 1.51. The fourth-order valence-corrected chi connectivity index (χ4v) is 2.60. The van der Waals surface area contributed by atoms with Gasteiger partial charge in [-0.05, 0) is 12.5 Å². The van der Waals surface area contributed by atoms with Gasteiger partial charge in [-0.3, -0.25) is 0 Å². The Hall–Kier alpha value is -0.750. The molecule has 114 valence electrons. The van der Waals surface area contributed by atoms with Crippen LogP contribution in [0.3, 0.4) is 0 Å². The Labute approximate surface area is 129 Å². The lowest BCUT2D eigenvalue weighted by Crippen LogP contribution is -2.16. The van der Waals surface area contributed by atoms with Crippen LogP contribution in [0.2, 0.25) is 0 Å². The maximum atomic E-state index is 11.4. The molecule has 0 unspecified atom stereocenters. The van der Waals surface area contributed by atoms with Crippen molar-refractivity contribution >= 4 is 25.8 Å². The zero-order chi connectivity index (χ0) is 15.0. The van der Waals surface area contributed by atoms with Crippen molar-refractivity contribution in [1.29, 1.82) is 0 Å². The lowest BCUT2D eigenvalue weighted by atomic mass is 10.2. The van der Waals surface area contributed by atoms with E-state index in [4.69, 9.17) is 9.47 Å². The van der Waals surface area contributed by atoms with Crippen molar-refractivity contribution in [3.05, 3.63) is 23.8 Å². The third-order valence-electron chi connectivity index (χ3n) is 2.75. The summed E-state index contributed by atoms with van der Waals surface area (Å²) >= 11 is 3.39. The second-order valence-corrected chi connectivity index (χ2v) is 7.37. The molecule has 0 heterocycles. The number of hydrogen-bond acceptors (Lipinski definition) is 4. The highest BCUT2D eigenvalue weighted by molar-refractivity contribution is 9.08. The Bertz CT molecular complexity index is 514. The van der Waals surface area contributed by atoms with Crippen LogP contribution in [0, 0.1) is 0 Å². The number of benzene rings is 1. The van der Waals surface area contributed by atoms with Gasteiger partial charge in [-0.25, -0.2) is 8.42 Å². The van der Waals surface area contributed by atoms with Crippen LogP contribution in [-0.4, -0.2) is 33.1 Å². The standard InChI is InChI=1S/C14H21BrO4S/c1-3-7-18-13-6-5-12(11-15)14(10-13)19-8-9-20(16,17)4-2/h5-6,10H,3-4,7-9,11H2,1-2H3. The molecular formula is C14H21BrO4S. The van der Waals surface area contributed by atoms with Crippen molar-refractivity contribution in [3.63, 3.8) is 0 Å². The molecule has 0 saturated carbocycles. The topological polar surface area (TPSA) is 52.6 Å². The molecule has 0 amide bonds. The summed E-state index contributed by atoms with van der Waals surface area (Å²) in [7, 11) is -3.00. The lowest BCUT2D eigenvalue weighted by molar-refractivity contribution is 0.308. The van der Waals surface area contributed by atoms with Gasteiger partial charge < -0.3 is 9.47 Å². The number of halogens is 1. The Morgan fingerprint density at radius 1 is 1.15 bits per heavy atom. The van der Waals surface area contributed by atoms with E-state index < -0.39 is 9.84 Å². The van der Waals surface area contributed by atoms with Crippen LogP contribution in [-0.2, 0) is 15.2 Å². The SMILES string of the molecule is CCCOc1ccc(CBr)c(OCCS(=O)(=O)CC)c1. The number of sulfone groups is 1. The number of hydrogen-bond donors (Lipinski definition) is 0. The van der Waals surface area contributed by atoms with Crippen LogP contribution in [0.4, 0.5) is 0 Å². The van der Waals surface area contributed by atoms with Crippen molar-refractivity contribution in [2.75, 3.05) is 24.7 Å². The minimum Gasteiger partial charge on any atom is -0.493 e. The third kappa shape index (κ3) is 5.71. The molecule has 0 spiro atoms. The molecular weight excluding hydrogens is 344 g/mol. The van der Waals surface area contributed by atoms with Crippen molar-refractivity contribution in [2.24, 2.45) is 0 Å². The summed E-state index contributed by atoms with van der Waals surface area (Å²) in [6, 6.07) is 5.62. The smallest absolute Gasteiger partial charge is 0.153 e. The Kier molecular flexibility index (Phi) is 7.37. The number of alkyl halides is 1. The summed E-state index contributed by atoms with van der Waals surface area (Å²) < 4.78 is 34.0. The van der Waals surface area contributed by atoms with Crippen LogP contribution < -0.4 is 9.47 Å². The van der Waals surface area contributed by atoms with E-state index in [9.17, 15) is 8.42 Å². The maximum absolute atomic E-state index is 11.4. The minimum atomic E-state index is -3.00. The summed E-state index contributed by atoms with van der Waals surface area (Å²) in [5, 5.41) is 0.650. The molecule has 0 saturated heterocycles. The largest absolute Gasteiger partial charge is 0.493 e. The van der Waals surface area contributed by atoms with Gasteiger partial charge in [0.1, 0.15) is 18.1 Å². The highest BCUT2D eigenvalue weighted by atomic mass is 79.9. The van der Waals surface area contributed by atoms with Crippen molar-refractivity contribution in [2.45, 2.75) is 25.6 Å². The second-order valence-electron chi connectivity index (χ2n) is 4.34. The molecule has 1 aromatic rings. The summed E-state index contributed by atoms with van der Waals surface area (Å²) in [6.07, 6.45) is 0.936. The van der Waals surface area contributed by atoms with Gasteiger partial charge >= 0.3 is 0 Å². The van der Waals surface area contributed by atoms with Crippen LogP contribution in [0.25, 0.3) is 0 Å². The Morgan fingerprint density at radius 2 is 1.90 bits per heavy atom. The predicted molar refractivity (Wildman–Crippen MR) is 84.7 cm³/mol. The zero-order valence-electron chi connectivity index (χ0n) is 11.9. The van der Waals surface area contributed by atoms with Crippen molar-refractivity contribution in [1.82, 2.24) is 0 Å². The zero-order valence-corrected chi connectivity index (χ0v) is 14.3. The first-order chi connectivity index (χ1) is 9.52. The molecule has 1 rings (SSSR count). The minimum absolute atomic E-state index is 0.0330. The highest BCUT2D eigenvalue weighted by Crippen LogP contribution is 2.27. The quantitative estimate of drug-likeness (QED) is 0.631. The van der Waals surface area contributed by atoms with Crippen LogP contribution in [0.15, 0.2) is 18.2 Å². The highest BCUT2D eigenvalue weighted by Gasteiger charge is 2.10. The van der Waals surface area contributed by atoms with Gasteiger partial charge in [0.15, 0.2) is 9.84 Å². The molecule has 0 bridgehead atoms. The lowest BCUT2D eigenvalue weighted by Gasteiger charge is -2.12. The van der Waals surface area contributed by atoms with Gasteiger partial charge in [-0.15, -0.1) is 0 Å². The second kappa shape index (κ2) is 8.52. The Morgan fingerprint density at radius 3 is 2.50 bits per heavy atom. The number of rotatable bonds is 9. The van der Waals surface area contributed by atoms with Gasteiger partial charge in [0.05, 0.1) is 12.4 Å². The first kappa shape index (κ1) is 17.3. The van der Waals surface area contributed by atoms with Gasteiger partial charge in [0.25, 0.3) is 0 Å². The molecule has 1 aromatic carbocycles.